The third-order valence-electron chi connectivity index (χ3n) is 2.75. The lowest BCUT2D eigenvalue weighted by molar-refractivity contribution is 0.247. The average molecular weight is 201 g/mol. The molecule has 4 heteroatoms. The summed E-state index contributed by atoms with van der Waals surface area (Å²) in [6.07, 6.45) is 1.92. The Kier molecular flexibility index (Phi) is 1.68. The first kappa shape index (κ1) is 8.35. The highest BCUT2D eigenvalue weighted by Gasteiger charge is 2.21. The molecule has 0 unspecified atom stereocenters. The van der Waals surface area contributed by atoms with Crippen LogP contribution in [-0.4, -0.2) is 17.6 Å². The molecule has 0 saturated carbocycles. The van der Waals surface area contributed by atoms with Gasteiger partial charge in [0.25, 0.3) is 0 Å². The second-order valence-electron chi connectivity index (χ2n) is 3.73. The quantitative estimate of drug-likeness (QED) is 0.643. The molecule has 1 aromatic carbocycles. The van der Waals surface area contributed by atoms with Crippen LogP contribution < -0.4 is 10.6 Å². The van der Waals surface area contributed by atoms with Crippen molar-refractivity contribution in [2.75, 3.05) is 6.54 Å². The minimum atomic E-state index is -0.0887. The fraction of sp³-hybridized carbons (Fsp3) is 0.182. The standard InChI is InChI=1S/C11H11N3O/c15-11-13-6-10(14-11)7-1-2-9-8(5-7)3-4-12-9/h1-5,10,12H,6H2,(H2,13,14,15)/t10-/m0/s1. The van der Waals surface area contributed by atoms with Gasteiger partial charge in [-0.3, -0.25) is 0 Å². The molecule has 1 atom stereocenters. The van der Waals surface area contributed by atoms with Crippen molar-refractivity contribution >= 4 is 16.9 Å². The second-order valence-corrected chi connectivity index (χ2v) is 3.73. The lowest BCUT2D eigenvalue weighted by Crippen LogP contribution is -2.21. The smallest absolute Gasteiger partial charge is 0.315 e. The van der Waals surface area contributed by atoms with Gasteiger partial charge in [-0.05, 0) is 29.1 Å². The van der Waals surface area contributed by atoms with Gasteiger partial charge in [0.15, 0.2) is 0 Å². The van der Waals surface area contributed by atoms with Crippen LogP contribution in [0.15, 0.2) is 30.5 Å². The molecular formula is C11H11N3O. The van der Waals surface area contributed by atoms with E-state index in [2.05, 4.69) is 21.7 Å². The van der Waals surface area contributed by atoms with E-state index in [1.165, 1.54) is 5.39 Å². The summed E-state index contributed by atoms with van der Waals surface area (Å²) in [5, 5.41) is 6.79. The van der Waals surface area contributed by atoms with Crippen LogP contribution >= 0.6 is 0 Å². The zero-order valence-electron chi connectivity index (χ0n) is 8.08. The molecule has 2 aromatic rings. The van der Waals surface area contributed by atoms with Gasteiger partial charge in [0.2, 0.25) is 0 Å². The molecule has 0 radical (unpaired) electrons. The maximum absolute atomic E-state index is 11.0. The van der Waals surface area contributed by atoms with E-state index in [4.69, 9.17) is 0 Å². The first-order chi connectivity index (χ1) is 7.33. The number of urea groups is 1. The number of fused-ring (bicyclic) bond motifs is 1. The van der Waals surface area contributed by atoms with Gasteiger partial charge in [-0.25, -0.2) is 4.79 Å². The number of carbonyl (C=O) groups excluding carboxylic acids is 1. The average Bonchev–Trinajstić information content (AvgIpc) is 2.84. The first-order valence-electron chi connectivity index (χ1n) is 4.94. The predicted molar refractivity (Wildman–Crippen MR) is 57.6 cm³/mol. The van der Waals surface area contributed by atoms with Crippen LogP contribution in [-0.2, 0) is 0 Å². The van der Waals surface area contributed by atoms with E-state index < -0.39 is 0 Å². The Morgan fingerprint density at radius 3 is 3.00 bits per heavy atom. The van der Waals surface area contributed by atoms with Crippen LogP contribution in [0.5, 0.6) is 0 Å². The van der Waals surface area contributed by atoms with Crippen molar-refractivity contribution in [2.45, 2.75) is 6.04 Å². The first-order valence-corrected chi connectivity index (χ1v) is 4.94. The Morgan fingerprint density at radius 1 is 1.27 bits per heavy atom. The normalized spacial score (nSPS) is 20.3. The highest BCUT2D eigenvalue weighted by molar-refractivity contribution is 5.81. The molecule has 0 spiro atoms. The van der Waals surface area contributed by atoms with Crippen molar-refractivity contribution in [1.82, 2.24) is 15.6 Å². The summed E-state index contributed by atoms with van der Waals surface area (Å²) in [6.45, 7) is 0.661. The molecule has 3 rings (SSSR count). The number of carbonyl (C=O) groups is 1. The lowest BCUT2D eigenvalue weighted by atomic mass is 10.1. The second kappa shape index (κ2) is 3.02. The molecule has 15 heavy (non-hydrogen) atoms. The minimum Gasteiger partial charge on any atom is -0.361 e. The Bertz CT molecular complexity index is 517. The number of aromatic nitrogens is 1. The monoisotopic (exact) mass is 201 g/mol. The van der Waals surface area contributed by atoms with E-state index in [-0.39, 0.29) is 12.1 Å². The molecule has 1 fully saturated rings. The highest BCUT2D eigenvalue weighted by Crippen LogP contribution is 2.20. The van der Waals surface area contributed by atoms with Gasteiger partial charge < -0.3 is 15.6 Å². The van der Waals surface area contributed by atoms with Crippen LogP contribution in [0.25, 0.3) is 10.9 Å². The molecule has 2 heterocycles. The summed E-state index contributed by atoms with van der Waals surface area (Å²) in [5.41, 5.74) is 2.26. The van der Waals surface area contributed by atoms with Crippen molar-refractivity contribution in [1.29, 1.82) is 0 Å². The Hall–Kier alpha value is -1.97. The summed E-state index contributed by atoms with van der Waals surface area (Å²) in [6, 6.07) is 8.21. The number of nitrogens with one attached hydrogen (secondary N) is 3. The molecule has 3 N–H and O–H groups in total. The summed E-state index contributed by atoms with van der Waals surface area (Å²) in [5.74, 6) is 0. The molecule has 1 aliphatic heterocycles. The maximum atomic E-state index is 11.0. The number of hydrogen-bond acceptors (Lipinski definition) is 1. The Balaban J connectivity index is 2.00. The van der Waals surface area contributed by atoms with Gasteiger partial charge >= 0.3 is 6.03 Å². The summed E-state index contributed by atoms with van der Waals surface area (Å²) in [7, 11) is 0. The topological polar surface area (TPSA) is 56.9 Å². The summed E-state index contributed by atoms with van der Waals surface area (Å²) in [4.78, 5) is 14.2. The minimum absolute atomic E-state index is 0.0887. The van der Waals surface area contributed by atoms with Crippen LogP contribution in [0.3, 0.4) is 0 Å². The number of amides is 2. The van der Waals surface area contributed by atoms with Gasteiger partial charge in [-0.2, -0.15) is 0 Å². The van der Waals surface area contributed by atoms with Crippen molar-refractivity contribution in [3.63, 3.8) is 0 Å². The van der Waals surface area contributed by atoms with Crippen molar-refractivity contribution < 1.29 is 4.79 Å². The highest BCUT2D eigenvalue weighted by atomic mass is 16.2. The van der Waals surface area contributed by atoms with Crippen molar-refractivity contribution in [2.24, 2.45) is 0 Å². The van der Waals surface area contributed by atoms with Crippen LogP contribution in [0.2, 0.25) is 0 Å². The van der Waals surface area contributed by atoms with Crippen molar-refractivity contribution in [3.8, 4) is 0 Å². The zero-order chi connectivity index (χ0) is 10.3. The number of aromatic amines is 1. The SMILES string of the molecule is O=C1NC[C@@H](c2ccc3[nH]ccc3c2)N1. The van der Waals surface area contributed by atoms with Gasteiger partial charge in [0.1, 0.15) is 0 Å². The van der Waals surface area contributed by atoms with E-state index in [9.17, 15) is 4.79 Å². The zero-order valence-corrected chi connectivity index (χ0v) is 8.08. The fourth-order valence-corrected chi connectivity index (χ4v) is 1.94. The Morgan fingerprint density at radius 2 is 2.20 bits per heavy atom. The molecule has 76 valence electrons. The largest absolute Gasteiger partial charge is 0.361 e. The van der Waals surface area contributed by atoms with Gasteiger partial charge in [0, 0.05) is 18.3 Å². The summed E-state index contributed by atoms with van der Waals surface area (Å²) < 4.78 is 0. The molecule has 0 bridgehead atoms. The predicted octanol–water partition coefficient (Wildman–Crippen LogP) is 1.52. The van der Waals surface area contributed by atoms with Crippen LogP contribution in [0.4, 0.5) is 4.79 Å². The fourth-order valence-electron chi connectivity index (χ4n) is 1.94. The molecular weight excluding hydrogens is 190 g/mol. The number of H-pyrrole nitrogens is 1. The maximum Gasteiger partial charge on any atom is 0.315 e. The molecule has 1 aliphatic rings. The molecule has 0 aliphatic carbocycles. The van der Waals surface area contributed by atoms with E-state index >= 15 is 0 Å². The molecule has 2 amide bonds. The number of rotatable bonds is 1. The van der Waals surface area contributed by atoms with E-state index in [1.807, 2.05) is 24.4 Å². The number of benzene rings is 1. The third-order valence-corrected chi connectivity index (χ3v) is 2.75. The Labute approximate surface area is 86.7 Å². The molecule has 4 nitrogen and oxygen atoms in total. The van der Waals surface area contributed by atoms with Crippen molar-refractivity contribution in [3.05, 3.63) is 36.0 Å². The number of hydrogen-bond donors (Lipinski definition) is 3. The van der Waals surface area contributed by atoms with E-state index in [1.54, 1.807) is 0 Å². The van der Waals surface area contributed by atoms with Gasteiger partial charge in [-0.15, -0.1) is 0 Å². The van der Waals surface area contributed by atoms with E-state index in [0.717, 1.165) is 11.1 Å². The van der Waals surface area contributed by atoms with Crippen LogP contribution in [0, 0.1) is 0 Å². The van der Waals surface area contributed by atoms with Gasteiger partial charge in [0.05, 0.1) is 6.04 Å². The molecule has 1 aromatic heterocycles. The molecule has 1 saturated heterocycles. The lowest BCUT2D eigenvalue weighted by Gasteiger charge is -2.08. The van der Waals surface area contributed by atoms with E-state index in [0.29, 0.717) is 6.54 Å². The third kappa shape index (κ3) is 1.34. The van der Waals surface area contributed by atoms with Gasteiger partial charge in [-0.1, -0.05) is 6.07 Å². The summed E-state index contributed by atoms with van der Waals surface area (Å²) >= 11 is 0. The van der Waals surface area contributed by atoms with Crippen LogP contribution in [0.1, 0.15) is 11.6 Å².